The van der Waals surface area contributed by atoms with Crippen molar-refractivity contribution < 1.29 is 0 Å². The summed E-state index contributed by atoms with van der Waals surface area (Å²) < 4.78 is 2.34. The van der Waals surface area contributed by atoms with E-state index in [4.69, 9.17) is 0 Å². The summed E-state index contributed by atoms with van der Waals surface area (Å²) in [5.74, 6) is 0.777. The highest BCUT2D eigenvalue weighted by Gasteiger charge is 2.09. The van der Waals surface area contributed by atoms with E-state index in [0.29, 0.717) is 6.04 Å². The zero-order valence-electron chi connectivity index (χ0n) is 11.9. The molecule has 0 aromatic carbocycles. The van der Waals surface area contributed by atoms with Crippen LogP contribution in [0, 0.1) is 5.92 Å². The maximum Gasteiger partial charge on any atom is 0.0332 e. The third kappa shape index (κ3) is 4.55. The zero-order valence-corrected chi connectivity index (χ0v) is 11.9. The molecule has 2 atom stereocenters. The summed E-state index contributed by atoms with van der Waals surface area (Å²) in [6, 6.07) is 2.78. The van der Waals surface area contributed by atoms with Gasteiger partial charge in [0.25, 0.3) is 0 Å². The molecule has 1 aromatic heterocycles. The van der Waals surface area contributed by atoms with E-state index < -0.39 is 0 Å². The summed E-state index contributed by atoms with van der Waals surface area (Å²) in [7, 11) is 0. The molecule has 0 saturated heterocycles. The van der Waals surface area contributed by atoms with Crippen LogP contribution in [-0.2, 0) is 6.54 Å². The Balaban J connectivity index is 2.57. The van der Waals surface area contributed by atoms with Gasteiger partial charge >= 0.3 is 0 Å². The van der Waals surface area contributed by atoms with Crippen LogP contribution in [0.1, 0.15) is 58.6 Å². The van der Waals surface area contributed by atoms with Crippen molar-refractivity contribution in [2.75, 3.05) is 6.54 Å². The van der Waals surface area contributed by atoms with Crippen molar-refractivity contribution in [3.63, 3.8) is 0 Å². The molecule has 0 bridgehead atoms. The van der Waals surface area contributed by atoms with Gasteiger partial charge in [-0.1, -0.05) is 34.1 Å². The summed E-state index contributed by atoms with van der Waals surface area (Å²) in [6.45, 7) is 11.2. The average molecular weight is 236 g/mol. The summed E-state index contributed by atoms with van der Waals surface area (Å²) in [4.78, 5) is 0. The van der Waals surface area contributed by atoms with Crippen LogP contribution < -0.4 is 5.32 Å². The van der Waals surface area contributed by atoms with Gasteiger partial charge < -0.3 is 9.88 Å². The van der Waals surface area contributed by atoms with E-state index in [1.165, 1.54) is 18.4 Å². The minimum atomic E-state index is 0.516. The van der Waals surface area contributed by atoms with Crippen LogP contribution in [0.25, 0.3) is 0 Å². The van der Waals surface area contributed by atoms with E-state index in [-0.39, 0.29) is 0 Å². The maximum atomic E-state index is 3.53. The van der Waals surface area contributed by atoms with Crippen LogP contribution >= 0.6 is 0 Å². The monoisotopic (exact) mass is 236 g/mol. The lowest BCUT2D eigenvalue weighted by Crippen LogP contribution is -2.19. The molecule has 0 aliphatic carbocycles. The SMILES string of the molecule is CCCC(C)Cn1ccc(C(CC)NCC)c1. The Morgan fingerprint density at radius 3 is 2.65 bits per heavy atom. The Kier molecular flexibility index (Phi) is 6.35. The van der Waals surface area contributed by atoms with Gasteiger partial charge in [0.1, 0.15) is 0 Å². The van der Waals surface area contributed by atoms with Gasteiger partial charge in [0.2, 0.25) is 0 Å². The fourth-order valence-electron chi connectivity index (χ4n) is 2.47. The summed E-state index contributed by atoms with van der Waals surface area (Å²) in [6.07, 6.45) is 8.29. The van der Waals surface area contributed by atoms with Gasteiger partial charge in [-0.05, 0) is 36.9 Å². The molecule has 0 spiro atoms. The molecule has 0 aliphatic rings. The number of hydrogen-bond donors (Lipinski definition) is 1. The number of hydrogen-bond acceptors (Lipinski definition) is 1. The fraction of sp³-hybridized carbons (Fsp3) is 0.733. The van der Waals surface area contributed by atoms with Gasteiger partial charge in [0.05, 0.1) is 0 Å². The average Bonchev–Trinajstić information content (AvgIpc) is 2.74. The first-order chi connectivity index (χ1) is 8.21. The highest BCUT2D eigenvalue weighted by atomic mass is 15.0. The Bertz CT molecular complexity index is 304. The van der Waals surface area contributed by atoms with Gasteiger partial charge in [-0.3, -0.25) is 0 Å². The molecule has 2 heteroatoms. The van der Waals surface area contributed by atoms with Crippen molar-refractivity contribution >= 4 is 0 Å². The van der Waals surface area contributed by atoms with Crippen LogP contribution in [0.3, 0.4) is 0 Å². The summed E-state index contributed by atoms with van der Waals surface area (Å²) in [5.41, 5.74) is 1.43. The Morgan fingerprint density at radius 2 is 2.06 bits per heavy atom. The first-order valence-electron chi connectivity index (χ1n) is 7.10. The normalized spacial score (nSPS) is 14.8. The molecule has 17 heavy (non-hydrogen) atoms. The minimum absolute atomic E-state index is 0.516. The third-order valence-corrected chi connectivity index (χ3v) is 3.34. The number of aromatic nitrogens is 1. The highest BCUT2D eigenvalue weighted by molar-refractivity contribution is 5.15. The minimum Gasteiger partial charge on any atom is -0.354 e. The van der Waals surface area contributed by atoms with Crippen LogP contribution in [0.4, 0.5) is 0 Å². The fourth-order valence-corrected chi connectivity index (χ4v) is 2.47. The lowest BCUT2D eigenvalue weighted by molar-refractivity contribution is 0.445. The van der Waals surface area contributed by atoms with E-state index in [2.05, 4.69) is 56.0 Å². The number of rotatable bonds is 8. The Morgan fingerprint density at radius 1 is 1.29 bits per heavy atom. The zero-order chi connectivity index (χ0) is 12.7. The number of nitrogens with one attached hydrogen (secondary N) is 1. The van der Waals surface area contributed by atoms with E-state index in [0.717, 1.165) is 25.4 Å². The van der Waals surface area contributed by atoms with E-state index >= 15 is 0 Å². The van der Waals surface area contributed by atoms with Crippen molar-refractivity contribution in [1.29, 1.82) is 0 Å². The van der Waals surface area contributed by atoms with Crippen molar-refractivity contribution in [2.24, 2.45) is 5.92 Å². The first kappa shape index (κ1) is 14.3. The van der Waals surface area contributed by atoms with E-state index in [1.54, 1.807) is 0 Å². The molecule has 2 nitrogen and oxygen atoms in total. The molecule has 0 saturated carbocycles. The first-order valence-corrected chi connectivity index (χ1v) is 7.10. The molecule has 0 fully saturated rings. The van der Waals surface area contributed by atoms with E-state index in [1.807, 2.05) is 0 Å². The molecule has 0 aliphatic heterocycles. The lowest BCUT2D eigenvalue weighted by Gasteiger charge is -2.14. The molecule has 1 aromatic rings. The van der Waals surface area contributed by atoms with Crippen LogP contribution in [0.5, 0.6) is 0 Å². The van der Waals surface area contributed by atoms with Crippen molar-refractivity contribution in [3.8, 4) is 0 Å². The standard InChI is InChI=1S/C15H28N2/c1-5-8-13(4)11-17-10-9-14(12-17)15(6-2)16-7-3/h9-10,12-13,15-16H,5-8,11H2,1-4H3. The second-order valence-corrected chi connectivity index (χ2v) is 5.05. The molecule has 0 radical (unpaired) electrons. The Hall–Kier alpha value is -0.760. The van der Waals surface area contributed by atoms with Gasteiger partial charge in [-0.25, -0.2) is 0 Å². The van der Waals surface area contributed by atoms with Crippen molar-refractivity contribution in [3.05, 3.63) is 24.0 Å². The van der Waals surface area contributed by atoms with Gasteiger partial charge in [-0.2, -0.15) is 0 Å². The summed E-state index contributed by atoms with van der Waals surface area (Å²) >= 11 is 0. The quantitative estimate of drug-likeness (QED) is 0.722. The van der Waals surface area contributed by atoms with Gasteiger partial charge in [0.15, 0.2) is 0 Å². The van der Waals surface area contributed by atoms with Crippen LogP contribution in [-0.4, -0.2) is 11.1 Å². The largest absolute Gasteiger partial charge is 0.354 e. The lowest BCUT2D eigenvalue weighted by atomic mass is 10.1. The van der Waals surface area contributed by atoms with Crippen molar-refractivity contribution in [2.45, 2.75) is 59.5 Å². The number of nitrogens with zero attached hydrogens (tertiary/aromatic N) is 1. The molecule has 2 unspecified atom stereocenters. The van der Waals surface area contributed by atoms with Crippen LogP contribution in [0.15, 0.2) is 18.5 Å². The molecular formula is C15H28N2. The third-order valence-electron chi connectivity index (χ3n) is 3.34. The predicted octanol–water partition coefficient (Wildman–Crippen LogP) is 3.98. The highest BCUT2D eigenvalue weighted by Crippen LogP contribution is 2.18. The van der Waals surface area contributed by atoms with Crippen LogP contribution in [0.2, 0.25) is 0 Å². The topological polar surface area (TPSA) is 17.0 Å². The second-order valence-electron chi connectivity index (χ2n) is 5.05. The second kappa shape index (κ2) is 7.54. The molecule has 1 heterocycles. The van der Waals surface area contributed by atoms with Gasteiger partial charge in [-0.15, -0.1) is 0 Å². The maximum absolute atomic E-state index is 3.53. The van der Waals surface area contributed by atoms with Crippen molar-refractivity contribution in [1.82, 2.24) is 9.88 Å². The van der Waals surface area contributed by atoms with E-state index in [9.17, 15) is 0 Å². The summed E-state index contributed by atoms with van der Waals surface area (Å²) in [5, 5.41) is 3.53. The molecule has 98 valence electrons. The molecule has 1 N–H and O–H groups in total. The Labute approximate surface area is 106 Å². The molecular weight excluding hydrogens is 208 g/mol. The molecule has 1 rings (SSSR count). The predicted molar refractivity (Wildman–Crippen MR) is 75.2 cm³/mol. The molecule has 0 amide bonds. The smallest absolute Gasteiger partial charge is 0.0332 e. The van der Waals surface area contributed by atoms with Gasteiger partial charge in [0, 0.05) is 25.0 Å².